The van der Waals surface area contributed by atoms with E-state index < -0.39 is 6.10 Å². The van der Waals surface area contributed by atoms with E-state index in [0.29, 0.717) is 15.7 Å². The lowest BCUT2D eigenvalue weighted by molar-refractivity contribution is 0.0380. The van der Waals surface area contributed by atoms with Gasteiger partial charge in [-0.2, -0.15) is 0 Å². The molecule has 0 aliphatic carbocycles. The van der Waals surface area contributed by atoms with Crippen LogP contribution in [-0.2, 0) is 4.74 Å². The van der Waals surface area contributed by atoms with Gasteiger partial charge in [-0.3, -0.25) is 4.79 Å². The van der Waals surface area contributed by atoms with Crippen LogP contribution in [0.15, 0.2) is 22.7 Å². The minimum absolute atomic E-state index is 0.190. The van der Waals surface area contributed by atoms with Crippen molar-refractivity contribution in [1.82, 2.24) is 4.90 Å². The summed E-state index contributed by atoms with van der Waals surface area (Å²) in [5, 5.41) is 9.58. The van der Waals surface area contributed by atoms with E-state index in [1.165, 1.54) is 12.0 Å². The Bertz CT molecular complexity index is 426. The molecule has 3 N–H and O–H groups in total. The van der Waals surface area contributed by atoms with Gasteiger partial charge in [0.1, 0.15) is 0 Å². The molecule has 5 nitrogen and oxygen atoms in total. The first-order valence-corrected chi connectivity index (χ1v) is 6.22. The fourth-order valence-electron chi connectivity index (χ4n) is 1.56. The summed E-state index contributed by atoms with van der Waals surface area (Å²) >= 11 is 3.31. The van der Waals surface area contributed by atoms with E-state index in [-0.39, 0.29) is 19.1 Å². The van der Waals surface area contributed by atoms with Crippen molar-refractivity contribution in [2.75, 3.05) is 33.0 Å². The molecule has 6 heteroatoms. The molecule has 1 amide bonds. The standard InChI is InChI=1S/C12H17BrN2O3/c1-15(6-9(16)7-18-2)12(17)10-5-8(14)3-4-11(10)13/h3-5,9,16H,6-7,14H2,1-2H3. The number of anilines is 1. The van der Waals surface area contributed by atoms with Crippen LogP contribution in [0.3, 0.4) is 0 Å². The molecule has 0 aromatic heterocycles. The highest BCUT2D eigenvalue weighted by atomic mass is 79.9. The number of aliphatic hydroxyl groups excluding tert-OH is 1. The summed E-state index contributed by atoms with van der Waals surface area (Å²) < 4.78 is 5.49. The Hall–Kier alpha value is -1.11. The normalized spacial score (nSPS) is 12.2. The van der Waals surface area contributed by atoms with Crippen molar-refractivity contribution in [3.05, 3.63) is 28.2 Å². The van der Waals surface area contributed by atoms with Crippen molar-refractivity contribution in [2.45, 2.75) is 6.10 Å². The summed E-state index contributed by atoms with van der Waals surface area (Å²) in [5.41, 5.74) is 6.65. The summed E-state index contributed by atoms with van der Waals surface area (Å²) in [7, 11) is 3.12. The fraction of sp³-hybridized carbons (Fsp3) is 0.417. The van der Waals surface area contributed by atoms with Gasteiger partial charge in [-0.1, -0.05) is 0 Å². The van der Waals surface area contributed by atoms with Gasteiger partial charge >= 0.3 is 0 Å². The second-order valence-electron chi connectivity index (χ2n) is 4.03. The number of methoxy groups -OCH3 is 1. The number of hydrogen-bond acceptors (Lipinski definition) is 4. The van der Waals surface area contributed by atoms with E-state index >= 15 is 0 Å². The Morgan fingerprint density at radius 1 is 1.61 bits per heavy atom. The van der Waals surface area contributed by atoms with Gasteiger partial charge in [0.2, 0.25) is 0 Å². The average Bonchev–Trinajstić information content (AvgIpc) is 2.31. The minimum Gasteiger partial charge on any atom is -0.399 e. The molecule has 1 atom stereocenters. The number of aliphatic hydroxyl groups is 1. The Morgan fingerprint density at radius 3 is 2.89 bits per heavy atom. The van der Waals surface area contributed by atoms with Crippen LogP contribution >= 0.6 is 15.9 Å². The molecule has 0 saturated heterocycles. The number of rotatable bonds is 5. The van der Waals surface area contributed by atoms with Gasteiger partial charge in [0.15, 0.2) is 0 Å². The lowest BCUT2D eigenvalue weighted by atomic mass is 10.1. The molecule has 0 heterocycles. The van der Waals surface area contributed by atoms with Gasteiger partial charge in [-0.25, -0.2) is 0 Å². The van der Waals surface area contributed by atoms with E-state index in [2.05, 4.69) is 15.9 Å². The summed E-state index contributed by atoms with van der Waals surface area (Å²) in [5.74, 6) is -0.204. The first kappa shape index (κ1) is 14.9. The van der Waals surface area contributed by atoms with Crippen LogP contribution in [0, 0.1) is 0 Å². The smallest absolute Gasteiger partial charge is 0.254 e. The molecular formula is C12H17BrN2O3. The van der Waals surface area contributed by atoms with Crippen molar-refractivity contribution < 1.29 is 14.6 Å². The maximum absolute atomic E-state index is 12.1. The quantitative estimate of drug-likeness (QED) is 0.798. The van der Waals surface area contributed by atoms with Crippen LogP contribution in [0.4, 0.5) is 5.69 Å². The SMILES string of the molecule is COCC(O)CN(C)C(=O)c1cc(N)ccc1Br. The van der Waals surface area contributed by atoms with Gasteiger partial charge < -0.3 is 20.5 Å². The van der Waals surface area contributed by atoms with Crippen LogP contribution in [0.1, 0.15) is 10.4 Å². The van der Waals surface area contributed by atoms with Gasteiger partial charge in [-0.05, 0) is 34.1 Å². The number of nitrogens with two attached hydrogens (primary N) is 1. The Morgan fingerprint density at radius 2 is 2.28 bits per heavy atom. The summed E-state index contributed by atoms with van der Waals surface area (Å²) in [6.45, 7) is 0.392. The largest absolute Gasteiger partial charge is 0.399 e. The third kappa shape index (κ3) is 3.97. The molecule has 0 bridgehead atoms. The number of amides is 1. The molecule has 1 aromatic rings. The van der Waals surface area contributed by atoms with Gasteiger partial charge in [0.05, 0.1) is 18.3 Å². The molecule has 1 rings (SSSR count). The predicted octanol–water partition coefficient (Wildman–Crippen LogP) is 1.11. The maximum Gasteiger partial charge on any atom is 0.254 e. The highest BCUT2D eigenvalue weighted by Crippen LogP contribution is 2.20. The second-order valence-corrected chi connectivity index (χ2v) is 4.89. The minimum atomic E-state index is -0.705. The number of hydrogen-bond donors (Lipinski definition) is 2. The summed E-state index contributed by atoms with van der Waals surface area (Å²) in [4.78, 5) is 13.6. The molecule has 0 aliphatic heterocycles. The maximum atomic E-state index is 12.1. The van der Waals surface area contributed by atoms with Crippen LogP contribution < -0.4 is 5.73 Å². The fourth-order valence-corrected chi connectivity index (χ4v) is 1.97. The topological polar surface area (TPSA) is 75.8 Å². The Kier molecular flexibility index (Phi) is 5.58. The predicted molar refractivity (Wildman–Crippen MR) is 73.4 cm³/mol. The van der Waals surface area contributed by atoms with Crippen molar-refractivity contribution in [2.24, 2.45) is 0 Å². The van der Waals surface area contributed by atoms with E-state index in [1.807, 2.05) is 0 Å². The number of nitrogen functional groups attached to an aromatic ring is 1. The number of ether oxygens (including phenoxy) is 1. The number of halogens is 1. The van der Waals surface area contributed by atoms with Crippen LogP contribution in [0.25, 0.3) is 0 Å². The van der Waals surface area contributed by atoms with Crippen molar-refractivity contribution in [1.29, 1.82) is 0 Å². The highest BCUT2D eigenvalue weighted by Gasteiger charge is 2.17. The first-order chi connectivity index (χ1) is 8.45. The van der Waals surface area contributed by atoms with E-state index in [1.54, 1.807) is 25.2 Å². The molecule has 0 saturated carbocycles. The number of carbonyl (C=O) groups is 1. The van der Waals surface area contributed by atoms with Crippen LogP contribution in [-0.4, -0.2) is 49.3 Å². The molecule has 0 fully saturated rings. The van der Waals surface area contributed by atoms with E-state index in [9.17, 15) is 9.90 Å². The van der Waals surface area contributed by atoms with Crippen molar-refractivity contribution in [3.8, 4) is 0 Å². The molecule has 0 radical (unpaired) electrons. The van der Waals surface area contributed by atoms with Crippen molar-refractivity contribution >= 4 is 27.5 Å². The second kappa shape index (κ2) is 6.72. The molecule has 1 unspecified atom stereocenters. The Labute approximate surface area is 115 Å². The van der Waals surface area contributed by atoms with Crippen LogP contribution in [0.5, 0.6) is 0 Å². The monoisotopic (exact) mass is 316 g/mol. The molecule has 0 spiro atoms. The number of likely N-dealkylation sites (N-methyl/N-ethyl adjacent to an activating group) is 1. The molecular weight excluding hydrogens is 300 g/mol. The zero-order chi connectivity index (χ0) is 13.7. The zero-order valence-electron chi connectivity index (χ0n) is 10.4. The highest BCUT2D eigenvalue weighted by molar-refractivity contribution is 9.10. The molecule has 0 aliphatic rings. The van der Waals surface area contributed by atoms with Gasteiger partial charge in [0.25, 0.3) is 5.91 Å². The summed E-state index contributed by atoms with van der Waals surface area (Å²) in [6.07, 6.45) is -0.705. The van der Waals surface area contributed by atoms with Crippen molar-refractivity contribution in [3.63, 3.8) is 0 Å². The van der Waals surface area contributed by atoms with Crippen LogP contribution in [0.2, 0.25) is 0 Å². The summed E-state index contributed by atoms with van der Waals surface area (Å²) in [6, 6.07) is 5.04. The lowest BCUT2D eigenvalue weighted by Gasteiger charge is -2.21. The Balaban J connectivity index is 2.77. The third-order valence-corrected chi connectivity index (χ3v) is 3.10. The average molecular weight is 317 g/mol. The van der Waals surface area contributed by atoms with E-state index in [0.717, 1.165) is 0 Å². The molecule has 100 valence electrons. The number of nitrogens with zero attached hydrogens (tertiary/aromatic N) is 1. The number of carbonyl (C=O) groups excluding carboxylic acids is 1. The van der Waals surface area contributed by atoms with Gasteiger partial charge in [0, 0.05) is 30.9 Å². The molecule has 1 aromatic carbocycles. The number of benzene rings is 1. The zero-order valence-corrected chi connectivity index (χ0v) is 12.0. The van der Waals surface area contributed by atoms with Gasteiger partial charge in [-0.15, -0.1) is 0 Å². The first-order valence-electron chi connectivity index (χ1n) is 5.43. The third-order valence-electron chi connectivity index (χ3n) is 2.41. The lowest BCUT2D eigenvalue weighted by Crippen LogP contribution is -2.36. The molecule has 18 heavy (non-hydrogen) atoms. The van der Waals surface area contributed by atoms with E-state index in [4.69, 9.17) is 10.5 Å².